The maximum absolute atomic E-state index is 12.6. The van der Waals surface area contributed by atoms with E-state index >= 15 is 0 Å². The Bertz CT molecular complexity index is 1020. The minimum atomic E-state index is -4.30. The monoisotopic (exact) mass is 460 g/mol. The molecule has 0 unspecified atom stereocenters. The Balaban J connectivity index is 0.00000480. The van der Waals surface area contributed by atoms with E-state index in [4.69, 9.17) is 4.74 Å². The van der Waals surface area contributed by atoms with Crippen LogP contribution in [0.2, 0.25) is 0 Å². The van der Waals surface area contributed by atoms with Gasteiger partial charge in [-0.25, -0.2) is 14.3 Å². The van der Waals surface area contributed by atoms with Crippen molar-refractivity contribution >= 4 is 57.3 Å². The van der Waals surface area contributed by atoms with E-state index in [1.54, 1.807) is 6.92 Å². The summed E-state index contributed by atoms with van der Waals surface area (Å²) in [6, 6.07) is 5.86. The summed E-state index contributed by atoms with van der Waals surface area (Å²) in [5, 5.41) is 6.05. The van der Waals surface area contributed by atoms with Crippen molar-refractivity contribution in [2.45, 2.75) is 51.5 Å². The van der Waals surface area contributed by atoms with E-state index in [0.29, 0.717) is 5.69 Å². The molecule has 1 aromatic carbocycles. The fraction of sp³-hybridized carbons (Fsp3) is 0.450. The topological polar surface area (TPSA) is 119 Å². The third kappa shape index (κ3) is 6.55. The number of para-hydroxylation sites is 1. The van der Waals surface area contributed by atoms with E-state index in [2.05, 4.69) is 10.4 Å². The molecule has 0 radical (unpaired) electrons. The molecule has 166 valence electrons. The number of amides is 2. The molecular weight excluding hydrogens is 431 g/mol. The minimum absolute atomic E-state index is 0. The second-order valence-electron chi connectivity index (χ2n) is 7.39. The average Bonchev–Trinajstić information content (AvgIpc) is 3.04. The van der Waals surface area contributed by atoms with E-state index in [9.17, 15) is 18.0 Å². The number of rotatable bonds is 7. The van der Waals surface area contributed by atoms with Crippen molar-refractivity contribution in [3.05, 3.63) is 41.1 Å². The Labute approximate surface area is 205 Å². The third-order valence-electron chi connectivity index (χ3n) is 4.46. The normalized spacial score (nSPS) is 11.2. The molecular formula is C20H29N4NaO5S. The number of esters is 1. The predicted octanol–water partition coefficient (Wildman–Crippen LogP) is 2.71. The molecule has 0 saturated carbocycles. The predicted molar refractivity (Wildman–Crippen MR) is 120 cm³/mol. The Morgan fingerprint density at radius 1 is 1.13 bits per heavy atom. The zero-order chi connectivity index (χ0) is 22.6. The number of aryl methyl sites for hydroxylation is 1. The van der Waals surface area contributed by atoms with E-state index in [0.717, 1.165) is 21.9 Å². The van der Waals surface area contributed by atoms with Gasteiger partial charge in [0, 0.05) is 18.8 Å². The molecule has 0 atom stereocenters. The van der Waals surface area contributed by atoms with E-state index in [1.807, 2.05) is 50.6 Å². The summed E-state index contributed by atoms with van der Waals surface area (Å²) in [6.45, 7) is 9.74. The number of urea groups is 1. The summed E-state index contributed by atoms with van der Waals surface area (Å²) in [7, 11) is -2.88. The van der Waals surface area contributed by atoms with Gasteiger partial charge in [0.05, 0.1) is 6.61 Å². The quantitative estimate of drug-likeness (QED) is 0.484. The van der Waals surface area contributed by atoms with Crippen LogP contribution in [0.1, 0.15) is 68.1 Å². The average molecular weight is 461 g/mol. The summed E-state index contributed by atoms with van der Waals surface area (Å²) < 4.78 is 33.2. The number of carbonyl (C=O) groups excluding carboxylic acids is 2. The molecule has 11 heteroatoms. The van der Waals surface area contributed by atoms with Gasteiger partial charge in [-0.1, -0.05) is 45.9 Å². The number of sulfonamides is 1. The number of nitrogens with one attached hydrogen (secondary N) is 2. The molecule has 2 amide bonds. The first-order valence-electron chi connectivity index (χ1n) is 9.65. The molecule has 2 rings (SSSR count). The van der Waals surface area contributed by atoms with Crippen LogP contribution in [-0.2, 0) is 21.8 Å². The molecule has 0 spiro atoms. The number of ether oxygens (including phenoxy) is 1. The summed E-state index contributed by atoms with van der Waals surface area (Å²) in [6.07, 6.45) is 0. The van der Waals surface area contributed by atoms with Gasteiger partial charge in [-0.2, -0.15) is 13.5 Å². The molecule has 0 aliphatic carbocycles. The van der Waals surface area contributed by atoms with Crippen molar-refractivity contribution in [2.75, 3.05) is 11.9 Å². The summed E-state index contributed by atoms with van der Waals surface area (Å²) in [5.74, 6) is -0.456. The molecule has 1 aromatic heterocycles. The second-order valence-corrected chi connectivity index (χ2v) is 9.02. The second kappa shape index (κ2) is 11.1. The molecule has 9 nitrogen and oxygen atoms in total. The Kier molecular flexibility index (Phi) is 9.74. The molecule has 2 aromatic rings. The van der Waals surface area contributed by atoms with Gasteiger partial charge in [-0.05, 0) is 29.9 Å². The van der Waals surface area contributed by atoms with Gasteiger partial charge in [-0.15, -0.1) is 0 Å². The van der Waals surface area contributed by atoms with Crippen LogP contribution in [0.15, 0.2) is 29.3 Å². The first-order valence-corrected chi connectivity index (χ1v) is 11.1. The van der Waals surface area contributed by atoms with Crippen LogP contribution in [0.5, 0.6) is 0 Å². The summed E-state index contributed by atoms with van der Waals surface area (Å²) >= 11 is 0. The molecule has 0 aliphatic heterocycles. The number of anilines is 1. The molecule has 2 N–H and O–H groups in total. The van der Waals surface area contributed by atoms with Gasteiger partial charge in [-0.3, -0.25) is 4.68 Å². The van der Waals surface area contributed by atoms with Crippen LogP contribution in [0.4, 0.5) is 10.5 Å². The number of benzene rings is 1. The standard InChI is InChI=1S/C20H28N4O5S.Na.H/c1-7-29-19(25)16-11-17(22-24(16)6)30(27,28)23-20(26)21-18-14(12(2)3)9-8-10-15(18)13(4)5;;/h8-13H,7H2,1-6H3,(H2,21,23,26);;. The van der Waals surface area contributed by atoms with Gasteiger partial charge >= 0.3 is 41.6 Å². The first-order chi connectivity index (χ1) is 14.0. The number of aromatic nitrogens is 2. The van der Waals surface area contributed by atoms with Crippen molar-refractivity contribution in [1.82, 2.24) is 14.5 Å². The molecule has 0 saturated heterocycles. The van der Waals surface area contributed by atoms with Gasteiger partial charge < -0.3 is 10.1 Å². The zero-order valence-corrected chi connectivity index (χ0v) is 18.8. The molecule has 31 heavy (non-hydrogen) atoms. The van der Waals surface area contributed by atoms with Crippen LogP contribution in [0.3, 0.4) is 0 Å². The number of hydrogen-bond donors (Lipinski definition) is 2. The zero-order valence-electron chi connectivity index (χ0n) is 18.0. The van der Waals surface area contributed by atoms with E-state index in [1.165, 1.54) is 7.05 Å². The fourth-order valence-corrected chi connectivity index (χ4v) is 3.87. The summed E-state index contributed by atoms with van der Waals surface area (Å²) in [5.41, 5.74) is 2.35. The van der Waals surface area contributed by atoms with Gasteiger partial charge in [0.2, 0.25) is 0 Å². The van der Waals surface area contributed by atoms with Crippen molar-refractivity contribution in [3.63, 3.8) is 0 Å². The first kappa shape index (κ1) is 27.2. The fourth-order valence-electron chi connectivity index (χ4n) is 2.98. The summed E-state index contributed by atoms with van der Waals surface area (Å²) in [4.78, 5) is 24.4. The van der Waals surface area contributed by atoms with Crippen molar-refractivity contribution in [2.24, 2.45) is 7.05 Å². The third-order valence-corrected chi connectivity index (χ3v) is 5.66. The van der Waals surface area contributed by atoms with Crippen LogP contribution in [0.25, 0.3) is 0 Å². The van der Waals surface area contributed by atoms with Crippen molar-refractivity contribution < 1.29 is 22.7 Å². The molecule has 0 bridgehead atoms. The van der Waals surface area contributed by atoms with Crippen LogP contribution < -0.4 is 10.0 Å². The van der Waals surface area contributed by atoms with Crippen LogP contribution in [0, 0.1) is 0 Å². The number of carbonyl (C=O) groups is 2. The van der Waals surface area contributed by atoms with Crippen molar-refractivity contribution in [3.8, 4) is 0 Å². The number of hydrogen-bond acceptors (Lipinski definition) is 6. The Hall–Kier alpha value is -1.88. The molecule has 0 aliphatic rings. The molecule has 0 fully saturated rings. The maximum atomic E-state index is 12.6. The Morgan fingerprint density at radius 3 is 2.16 bits per heavy atom. The van der Waals surface area contributed by atoms with Gasteiger partial charge in [0.15, 0.2) is 5.03 Å². The number of nitrogens with zero attached hydrogens (tertiary/aromatic N) is 2. The van der Waals surface area contributed by atoms with E-state index in [-0.39, 0.29) is 53.7 Å². The van der Waals surface area contributed by atoms with Crippen molar-refractivity contribution in [1.29, 1.82) is 0 Å². The van der Waals surface area contributed by atoms with Crippen LogP contribution in [-0.4, -0.2) is 66.4 Å². The molecule has 1 heterocycles. The van der Waals surface area contributed by atoms with Gasteiger partial charge in [0.1, 0.15) is 5.69 Å². The SMILES string of the molecule is CCOC(=O)c1cc(S(=O)(=O)NC(=O)Nc2c(C(C)C)cccc2C(C)C)nn1C.[NaH]. The Morgan fingerprint density at radius 2 is 1.68 bits per heavy atom. The van der Waals surface area contributed by atoms with Gasteiger partial charge in [0.25, 0.3) is 10.0 Å². The van der Waals surface area contributed by atoms with Crippen LogP contribution >= 0.6 is 0 Å². The van der Waals surface area contributed by atoms with E-state index < -0.39 is 27.0 Å².